The van der Waals surface area contributed by atoms with E-state index in [-0.39, 0.29) is 0 Å². The molecule has 0 heterocycles. The van der Waals surface area contributed by atoms with Gasteiger partial charge in [-0.2, -0.15) is 0 Å². The first-order valence-corrected chi connectivity index (χ1v) is 7.01. The summed E-state index contributed by atoms with van der Waals surface area (Å²) in [5.41, 5.74) is 8.29. The predicted octanol–water partition coefficient (Wildman–Crippen LogP) is 3.94. The molecule has 1 saturated carbocycles. The molecule has 0 aliphatic heterocycles. The molecule has 2 rings (SSSR count). The summed E-state index contributed by atoms with van der Waals surface area (Å²) in [6.07, 6.45) is 3.59. The van der Waals surface area contributed by atoms with Gasteiger partial charge in [-0.3, -0.25) is 0 Å². The molecule has 0 aromatic heterocycles. The van der Waals surface area contributed by atoms with Crippen molar-refractivity contribution in [1.29, 1.82) is 0 Å². The zero-order chi connectivity index (χ0) is 12.5. The minimum atomic E-state index is 0.335. The minimum absolute atomic E-state index is 0.335. The maximum Gasteiger partial charge on any atom is 0.0136 e. The quantitative estimate of drug-likeness (QED) is 0.834. The second kappa shape index (κ2) is 4.81. The lowest BCUT2D eigenvalue weighted by atomic mass is 9.46. The van der Waals surface area contributed by atoms with E-state index in [1.807, 2.05) is 0 Å². The van der Waals surface area contributed by atoms with Gasteiger partial charge in [0.2, 0.25) is 0 Å². The van der Waals surface area contributed by atoms with Crippen molar-refractivity contribution in [2.45, 2.75) is 52.0 Å². The van der Waals surface area contributed by atoms with Crippen molar-refractivity contribution >= 4 is 0 Å². The van der Waals surface area contributed by atoms with Crippen LogP contribution in [-0.4, -0.2) is 6.04 Å². The fourth-order valence-electron chi connectivity index (χ4n) is 4.04. The molecule has 3 unspecified atom stereocenters. The van der Waals surface area contributed by atoms with Crippen LogP contribution in [0.2, 0.25) is 0 Å². The Labute approximate surface area is 105 Å². The van der Waals surface area contributed by atoms with Crippen LogP contribution in [0, 0.1) is 11.3 Å². The van der Waals surface area contributed by atoms with Crippen molar-refractivity contribution in [2.75, 3.05) is 0 Å². The molecule has 2 N–H and O–H groups in total. The molecule has 1 aromatic carbocycles. The van der Waals surface area contributed by atoms with E-state index in [9.17, 15) is 0 Å². The van der Waals surface area contributed by atoms with Gasteiger partial charge in [-0.25, -0.2) is 0 Å². The highest BCUT2D eigenvalue weighted by Gasteiger charge is 2.57. The summed E-state index contributed by atoms with van der Waals surface area (Å²) in [5.74, 6) is 1.33. The first kappa shape index (κ1) is 12.6. The fourth-order valence-corrected chi connectivity index (χ4v) is 4.04. The molecule has 0 bridgehead atoms. The summed E-state index contributed by atoms with van der Waals surface area (Å²) in [5, 5.41) is 0. The summed E-state index contributed by atoms with van der Waals surface area (Å²) in [4.78, 5) is 0. The van der Waals surface area contributed by atoms with Gasteiger partial charge in [0.15, 0.2) is 0 Å². The van der Waals surface area contributed by atoms with Gasteiger partial charge in [0.25, 0.3) is 0 Å². The average Bonchev–Trinajstić information content (AvgIpc) is 2.39. The highest BCUT2D eigenvalue weighted by Crippen LogP contribution is 2.60. The van der Waals surface area contributed by atoms with E-state index < -0.39 is 0 Å². The van der Waals surface area contributed by atoms with E-state index in [4.69, 9.17) is 5.73 Å². The maximum absolute atomic E-state index is 6.46. The molecule has 1 nitrogen and oxygen atoms in total. The largest absolute Gasteiger partial charge is 0.327 e. The normalized spacial score (nSPS) is 30.9. The molecule has 0 saturated heterocycles. The van der Waals surface area contributed by atoms with Gasteiger partial charge >= 0.3 is 0 Å². The smallest absolute Gasteiger partial charge is 0.0136 e. The fraction of sp³-hybridized carbons (Fsp3) is 0.625. The zero-order valence-electron chi connectivity index (χ0n) is 11.3. The lowest BCUT2D eigenvalue weighted by Gasteiger charge is -2.60. The van der Waals surface area contributed by atoms with Gasteiger partial charge in [-0.1, -0.05) is 57.5 Å². The molecule has 0 radical (unpaired) electrons. The van der Waals surface area contributed by atoms with Crippen LogP contribution in [0.4, 0.5) is 0 Å². The van der Waals surface area contributed by atoms with E-state index in [1.165, 1.54) is 24.8 Å². The van der Waals surface area contributed by atoms with Crippen LogP contribution in [0.3, 0.4) is 0 Å². The zero-order valence-corrected chi connectivity index (χ0v) is 11.3. The standard InChI is InChI=1S/C16H25N/c1-4-13-14(12-10-8-7-9-11-12)16(5-2,6-3)15(13)17/h7-11,13-15H,4-6,17H2,1-3H3. The van der Waals surface area contributed by atoms with E-state index in [0.717, 1.165) is 0 Å². The molecule has 17 heavy (non-hydrogen) atoms. The number of benzene rings is 1. The second-order valence-corrected chi connectivity index (χ2v) is 5.43. The van der Waals surface area contributed by atoms with Crippen molar-refractivity contribution < 1.29 is 0 Å². The molecule has 0 spiro atoms. The van der Waals surface area contributed by atoms with Crippen molar-refractivity contribution in [2.24, 2.45) is 17.1 Å². The van der Waals surface area contributed by atoms with E-state index in [1.54, 1.807) is 0 Å². The van der Waals surface area contributed by atoms with Gasteiger partial charge in [0.05, 0.1) is 0 Å². The molecule has 1 heteroatoms. The highest BCUT2D eigenvalue weighted by molar-refractivity contribution is 5.30. The van der Waals surface area contributed by atoms with Crippen molar-refractivity contribution in [3.05, 3.63) is 35.9 Å². The third-order valence-electron chi connectivity index (χ3n) is 5.12. The molecular weight excluding hydrogens is 206 g/mol. The first-order chi connectivity index (χ1) is 8.21. The monoisotopic (exact) mass is 231 g/mol. The minimum Gasteiger partial charge on any atom is -0.327 e. The Morgan fingerprint density at radius 3 is 2.12 bits per heavy atom. The number of hydrogen-bond acceptors (Lipinski definition) is 1. The SMILES string of the molecule is CCC1C(N)C(CC)(CC)C1c1ccccc1. The lowest BCUT2D eigenvalue weighted by Crippen LogP contribution is -2.62. The summed E-state index contributed by atoms with van der Waals surface area (Å²) in [7, 11) is 0. The van der Waals surface area contributed by atoms with Crippen LogP contribution in [0.1, 0.15) is 51.5 Å². The molecule has 1 aliphatic rings. The maximum atomic E-state index is 6.46. The third-order valence-corrected chi connectivity index (χ3v) is 5.12. The Morgan fingerprint density at radius 2 is 1.65 bits per heavy atom. The number of hydrogen-bond donors (Lipinski definition) is 1. The molecule has 94 valence electrons. The molecule has 1 aliphatic carbocycles. The second-order valence-electron chi connectivity index (χ2n) is 5.43. The van der Waals surface area contributed by atoms with Crippen LogP contribution in [0.15, 0.2) is 30.3 Å². The molecule has 1 fully saturated rings. The summed E-state index contributed by atoms with van der Waals surface area (Å²) in [6, 6.07) is 11.3. The Hall–Kier alpha value is -0.820. The van der Waals surface area contributed by atoms with Gasteiger partial charge in [0, 0.05) is 6.04 Å². The Kier molecular flexibility index (Phi) is 3.58. The molecule has 1 aromatic rings. The van der Waals surface area contributed by atoms with Crippen LogP contribution in [0.25, 0.3) is 0 Å². The van der Waals surface area contributed by atoms with Gasteiger partial charge in [0.1, 0.15) is 0 Å². The molecular formula is C16H25N. The number of rotatable bonds is 4. The van der Waals surface area contributed by atoms with Gasteiger partial charge < -0.3 is 5.73 Å². The van der Waals surface area contributed by atoms with E-state index in [0.29, 0.717) is 23.3 Å². The first-order valence-electron chi connectivity index (χ1n) is 7.01. The van der Waals surface area contributed by atoms with E-state index in [2.05, 4.69) is 51.1 Å². The van der Waals surface area contributed by atoms with Crippen molar-refractivity contribution in [1.82, 2.24) is 0 Å². The summed E-state index contributed by atoms with van der Waals surface area (Å²) >= 11 is 0. The van der Waals surface area contributed by atoms with Crippen LogP contribution in [-0.2, 0) is 0 Å². The third kappa shape index (κ3) is 1.72. The summed E-state index contributed by atoms with van der Waals surface area (Å²) in [6.45, 7) is 6.87. The van der Waals surface area contributed by atoms with Crippen molar-refractivity contribution in [3.8, 4) is 0 Å². The van der Waals surface area contributed by atoms with E-state index >= 15 is 0 Å². The summed E-state index contributed by atoms with van der Waals surface area (Å²) < 4.78 is 0. The van der Waals surface area contributed by atoms with Crippen LogP contribution in [0.5, 0.6) is 0 Å². The lowest BCUT2D eigenvalue weighted by molar-refractivity contribution is -0.0297. The Balaban J connectivity index is 2.35. The Morgan fingerprint density at radius 1 is 1.06 bits per heavy atom. The van der Waals surface area contributed by atoms with Crippen LogP contribution < -0.4 is 5.73 Å². The molecule has 3 atom stereocenters. The predicted molar refractivity (Wildman–Crippen MR) is 74.0 cm³/mol. The van der Waals surface area contributed by atoms with Gasteiger partial charge in [-0.05, 0) is 35.7 Å². The van der Waals surface area contributed by atoms with Crippen molar-refractivity contribution in [3.63, 3.8) is 0 Å². The Bertz CT molecular complexity index is 353. The number of nitrogens with two attached hydrogens (primary N) is 1. The van der Waals surface area contributed by atoms with Crippen LogP contribution >= 0.6 is 0 Å². The molecule has 0 amide bonds. The highest BCUT2D eigenvalue weighted by atomic mass is 14.8. The topological polar surface area (TPSA) is 26.0 Å². The average molecular weight is 231 g/mol. The van der Waals surface area contributed by atoms with Gasteiger partial charge in [-0.15, -0.1) is 0 Å².